The summed E-state index contributed by atoms with van der Waals surface area (Å²) in [6.07, 6.45) is -1.37. The minimum atomic E-state index is -1.37. The summed E-state index contributed by atoms with van der Waals surface area (Å²) in [5, 5.41) is 9.87. The molecular formula is C15H13F2NO3. The fourth-order valence-electron chi connectivity index (χ4n) is 1.82. The van der Waals surface area contributed by atoms with E-state index in [0.29, 0.717) is 0 Å². The van der Waals surface area contributed by atoms with E-state index in [1.807, 2.05) is 0 Å². The highest BCUT2D eigenvalue weighted by Gasteiger charge is 2.16. The topological polar surface area (TPSA) is 72.6 Å². The standard InChI is InChI=1S/C15H13F2NO3/c16-9-5-6-12(17)11(7-9)13(19)8-21-14-4-2-1-3-10(14)15(18)20/h1-7,13,19H,8H2,(H2,18,20). The Hall–Kier alpha value is -2.47. The van der Waals surface area contributed by atoms with Crippen LogP contribution in [0.2, 0.25) is 0 Å². The highest BCUT2D eigenvalue weighted by molar-refractivity contribution is 5.95. The third-order valence-corrected chi connectivity index (χ3v) is 2.87. The molecule has 0 aliphatic rings. The fourth-order valence-corrected chi connectivity index (χ4v) is 1.82. The molecule has 0 saturated heterocycles. The van der Waals surface area contributed by atoms with Crippen LogP contribution in [0, 0.1) is 11.6 Å². The molecule has 110 valence electrons. The molecule has 0 aliphatic carbocycles. The van der Waals surface area contributed by atoms with Crippen molar-refractivity contribution in [3.63, 3.8) is 0 Å². The number of carbonyl (C=O) groups is 1. The molecular weight excluding hydrogens is 280 g/mol. The lowest BCUT2D eigenvalue weighted by molar-refractivity contribution is 0.0958. The van der Waals surface area contributed by atoms with Gasteiger partial charge < -0.3 is 15.6 Å². The Morgan fingerprint density at radius 3 is 2.67 bits per heavy atom. The number of halogens is 2. The minimum Gasteiger partial charge on any atom is -0.490 e. The molecule has 0 bridgehead atoms. The Morgan fingerprint density at radius 2 is 1.95 bits per heavy atom. The molecule has 1 unspecified atom stereocenters. The molecule has 0 radical (unpaired) electrons. The zero-order chi connectivity index (χ0) is 15.4. The van der Waals surface area contributed by atoms with Gasteiger partial charge in [0.05, 0.1) is 5.56 Å². The van der Waals surface area contributed by atoms with Crippen molar-refractivity contribution in [1.82, 2.24) is 0 Å². The zero-order valence-electron chi connectivity index (χ0n) is 10.9. The van der Waals surface area contributed by atoms with Gasteiger partial charge in [-0.2, -0.15) is 0 Å². The van der Waals surface area contributed by atoms with Crippen LogP contribution in [-0.2, 0) is 0 Å². The van der Waals surface area contributed by atoms with Crippen molar-refractivity contribution < 1.29 is 23.4 Å². The normalized spacial score (nSPS) is 12.0. The molecule has 2 aromatic rings. The largest absolute Gasteiger partial charge is 0.490 e. The number of nitrogens with two attached hydrogens (primary N) is 1. The van der Waals surface area contributed by atoms with E-state index in [0.717, 1.165) is 18.2 Å². The second-order valence-corrected chi connectivity index (χ2v) is 4.35. The molecule has 4 nitrogen and oxygen atoms in total. The smallest absolute Gasteiger partial charge is 0.252 e. The highest BCUT2D eigenvalue weighted by Crippen LogP contribution is 2.22. The summed E-state index contributed by atoms with van der Waals surface area (Å²) in [6, 6.07) is 8.96. The molecule has 21 heavy (non-hydrogen) atoms. The highest BCUT2D eigenvalue weighted by atomic mass is 19.1. The fraction of sp³-hybridized carbons (Fsp3) is 0.133. The summed E-state index contributed by atoms with van der Waals surface area (Å²) in [7, 11) is 0. The Labute approximate surface area is 119 Å². The molecule has 0 heterocycles. The molecule has 0 aliphatic heterocycles. The number of rotatable bonds is 5. The first-order valence-corrected chi connectivity index (χ1v) is 6.13. The van der Waals surface area contributed by atoms with Crippen LogP contribution in [0.1, 0.15) is 22.0 Å². The van der Waals surface area contributed by atoms with Crippen molar-refractivity contribution in [2.24, 2.45) is 5.73 Å². The summed E-state index contributed by atoms with van der Waals surface area (Å²) in [5.41, 5.74) is 5.11. The van der Waals surface area contributed by atoms with Gasteiger partial charge >= 0.3 is 0 Å². The molecule has 1 amide bonds. The van der Waals surface area contributed by atoms with Crippen LogP contribution in [0.3, 0.4) is 0 Å². The van der Waals surface area contributed by atoms with Crippen LogP contribution in [0.15, 0.2) is 42.5 Å². The molecule has 1 atom stereocenters. The van der Waals surface area contributed by atoms with Gasteiger partial charge in [0, 0.05) is 5.56 Å². The molecule has 6 heteroatoms. The average molecular weight is 293 g/mol. The number of hydrogen-bond acceptors (Lipinski definition) is 3. The first kappa shape index (κ1) is 14.9. The summed E-state index contributed by atoms with van der Waals surface area (Å²) in [5.74, 6) is -1.92. The number of carbonyl (C=O) groups excluding carboxylic acids is 1. The van der Waals surface area contributed by atoms with Crippen LogP contribution >= 0.6 is 0 Å². The SMILES string of the molecule is NC(=O)c1ccccc1OCC(O)c1cc(F)ccc1F. The Morgan fingerprint density at radius 1 is 1.24 bits per heavy atom. The molecule has 0 saturated carbocycles. The average Bonchev–Trinajstić information content (AvgIpc) is 2.47. The lowest BCUT2D eigenvalue weighted by Crippen LogP contribution is -2.16. The summed E-state index contributed by atoms with van der Waals surface area (Å²) < 4.78 is 31.8. The first-order valence-electron chi connectivity index (χ1n) is 6.13. The molecule has 0 fully saturated rings. The lowest BCUT2D eigenvalue weighted by atomic mass is 10.1. The minimum absolute atomic E-state index is 0.143. The first-order chi connectivity index (χ1) is 9.99. The van der Waals surface area contributed by atoms with Crippen molar-refractivity contribution in [2.45, 2.75) is 6.10 Å². The van der Waals surface area contributed by atoms with Crippen LogP contribution < -0.4 is 10.5 Å². The van der Waals surface area contributed by atoms with E-state index in [4.69, 9.17) is 10.5 Å². The van der Waals surface area contributed by atoms with E-state index in [-0.39, 0.29) is 23.5 Å². The van der Waals surface area contributed by atoms with Gasteiger partial charge in [-0.25, -0.2) is 8.78 Å². The van der Waals surface area contributed by atoms with E-state index < -0.39 is 23.6 Å². The van der Waals surface area contributed by atoms with E-state index in [1.54, 1.807) is 12.1 Å². The van der Waals surface area contributed by atoms with Gasteiger partial charge in [-0.1, -0.05) is 12.1 Å². The zero-order valence-corrected chi connectivity index (χ0v) is 10.9. The van der Waals surface area contributed by atoms with Gasteiger partial charge in [-0.15, -0.1) is 0 Å². The summed E-state index contributed by atoms with van der Waals surface area (Å²) in [6.45, 7) is -0.343. The number of benzene rings is 2. The number of amides is 1. The second kappa shape index (κ2) is 6.32. The molecule has 2 aromatic carbocycles. The van der Waals surface area contributed by atoms with Crippen LogP contribution in [-0.4, -0.2) is 17.6 Å². The number of primary amides is 1. The number of aliphatic hydroxyl groups is 1. The van der Waals surface area contributed by atoms with Crippen molar-refractivity contribution in [1.29, 1.82) is 0 Å². The van der Waals surface area contributed by atoms with Crippen molar-refractivity contribution in [3.8, 4) is 5.75 Å². The molecule has 2 rings (SSSR count). The predicted octanol–water partition coefficient (Wildman–Crippen LogP) is 2.18. The maximum Gasteiger partial charge on any atom is 0.252 e. The number of para-hydroxylation sites is 1. The number of ether oxygens (including phenoxy) is 1. The predicted molar refractivity (Wildman–Crippen MR) is 71.8 cm³/mol. The summed E-state index contributed by atoms with van der Waals surface area (Å²) >= 11 is 0. The third kappa shape index (κ3) is 3.55. The van der Waals surface area contributed by atoms with Crippen LogP contribution in [0.4, 0.5) is 8.78 Å². The Bertz CT molecular complexity index is 661. The van der Waals surface area contributed by atoms with Crippen molar-refractivity contribution in [2.75, 3.05) is 6.61 Å². The van der Waals surface area contributed by atoms with Gasteiger partial charge in [0.1, 0.15) is 30.1 Å². The van der Waals surface area contributed by atoms with E-state index >= 15 is 0 Å². The Kier molecular flexibility index (Phi) is 4.49. The van der Waals surface area contributed by atoms with Crippen LogP contribution in [0.5, 0.6) is 5.75 Å². The molecule has 0 aromatic heterocycles. The number of aliphatic hydroxyl groups excluding tert-OH is 1. The molecule has 3 N–H and O–H groups in total. The molecule has 0 spiro atoms. The number of hydrogen-bond donors (Lipinski definition) is 2. The van der Waals surface area contributed by atoms with E-state index in [9.17, 15) is 18.7 Å². The van der Waals surface area contributed by atoms with Crippen molar-refractivity contribution in [3.05, 3.63) is 65.2 Å². The second-order valence-electron chi connectivity index (χ2n) is 4.35. The van der Waals surface area contributed by atoms with E-state index in [1.165, 1.54) is 12.1 Å². The van der Waals surface area contributed by atoms with Crippen molar-refractivity contribution >= 4 is 5.91 Å². The van der Waals surface area contributed by atoms with Gasteiger partial charge in [-0.05, 0) is 30.3 Å². The van der Waals surface area contributed by atoms with E-state index in [2.05, 4.69) is 0 Å². The lowest BCUT2D eigenvalue weighted by Gasteiger charge is -2.15. The Balaban J connectivity index is 2.13. The maximum atomic E-state index is 13.5. The van der Waals surface area contributed by atoms with Crippen LogP contribution in [0.25, 0.3) is 0 Å². The maximum absolute atomic E-state index is 13.5. The quantitative estimate of drug-likeness (QED) is 0.887. The third-order valence-electron chi connectivity index (χ3n) is 2.87. The van der Waals surface area contributed by atoms with Gasteiger partial charge in [-0.3, -0.25) is 4.79 Å². The monoisotopic (exact) mass is 293 g/mol. The van der Waals surface area contributed by atoms with Gasteiger partial charge in [0.25, 0.3) is 5.91 Å². The van der Waals surface area contributed by atoms with Gasteiger partial charge in [0.15, 0.2) is 0 Å². The summed E-state index contributed by atoms with van der Waals surface area (Å²) in [4.78, 5) is 11.2. The van der Waals surface area contributed by atoms with Gasteiger partial charge in [0.2, 0.25) is 0 Å².